The Morgan fingerprint density at radius 1 is 1.23 bits per heavy atom. The molecule has 3 aromatic rings. The molecule has 30 heavy (non-hydrogen) atoms. The lowest BCUT2D eigenvalue weighted by molar-refractivity contribution is 0.0707. The average Bonchev–Trinajstić information content (AvgIpc) is 3.22. The van der Waals surface area contributed by atoms with E-state index < -0.39 is 10.0 Å². The predicted molar refractivity (Wildman–Crippen MR) is 119 cm³/mol. The molecule has 6 nitrogen and oxygen atoms in total. The molecule has 1 unspecified atom stereocenters. The van der Waals surface area contributed by atoms with Gasteiger partial charge in [0.1, 0.15) is 0 Å². The number of piperidine rings is 1. The summed E-state index contributed by atoms with van der Waals surface area (Å²) in [6.07, 6.45) is 2.61. The van der Waals surface area contributed by atoms with Gasteiger partial charge in [-0.2, -0.15) is 0 Å². The van der Waals surface area contributed by atoms with Crippen LogP contribution < -0.4 is 4.72 Å². The third-order valence-electron chi connectivity index (χ3n) is 5.30. The number of carbonyl (C=O) groups is 1. The summed E-state index contributed by atoms with van der Waals surface area (Å²) < 4.78 is 28.6. The van der Waals surface area contributed by atoms with Crippen LogP contribution in [0.3, 0.4) is 0 Å². The Hall–Kier alpha value is -2.29. The molecule has 4 rings (SSSR count). The predicted octanol–water partition coefficient (Wildman–Crippen LogP) is 4.00. The number of thiazole rings is 1. The maximum atomic E-state index is 13.1. The van der Waals surface area contributed by atoms with Crippen molar-refractivity contribution < 1.29 is 13.2 Å². The Balaban J connectivity index is 1.52. The van der Waals surface area contributed by atoms with Crippen LogP contribution in [-0.4, -0.2) is 43.8 Å². The van der Waals surface area contributed by atoms with Gasteiger partial charge < -0.3 is 4.90 Å². The molecule has 158 valence electrons. The Kier molecular flexibility index (Phi) is 6.17. The fourth-order valence-corrected chi connectivity index (χ4v) is 6.00. The minimum absolute atomic E-state index is 0.126. The lowest BCUT2D eigenvalue weighted by atomic mass is 9.98. The van der Waals surface area contributed by atoms with Gasteiger partial charge in [0.15, 0.2) is 0 Å². The van der Waals surface area contributed by atoms with Crippen molar-refractivity contribution in [1.29, 1.82) is 0 Å². The Labute approximate surface area is 181 Å². The molecule has 1 aromatic heterocycles. The molecular weight excluding hydrogens is 418 g/mol. The summed E-state index contributed by atoms with van der Waals surface area (Å²) in [4.78, 5) is 19.9. The summed E-state index contributed by atoms with van der Waals surface area (Å²) in [5, 5.41) is 1.06. The van der Waals surface area contributed by atoms with Crippen LogP contribution in [-0.2, 0) is 10.0 Å². The van der Waals surface area contributed by atoms with Crippen LogP contribution in [0, 0.1) is 0 Å². The fraction of sp³-hybridized carbons (Fsp3) is 0.364. The van der Waals surface area contributed by atoms with Gasteiger partial charge in [-0.3, -0.25) is 4.79 Å². The number of sulfonamides is 1. The van der Waals surface area contributed by atoms with E-state index in [0.717, 1.165) is 28.1 Å². The summed E-state index contributed by atoms with van der Waals surface area (Å²) in [6, 6.07) is 14.4. The van der Waals surface area contributed by atoms with Crippen LogP contribution >= 0.6 is 11.3 Å². The zero-order chi connectivity index (χ0) is 21.1. The molecule has 0 aliphatic carbocycles. The second-order valence-electron chi connectivity index (χ2n) is 7.54. The quantitative estimate of drug-likeness (QED) is 0.624. The molecule has 2 aromatic carbocycles. The lowest BCUT2D eigenvalue weighted by Crippen LogP contribution is -2.39. The van der Waals surface area contributed by atoms with Crippen molar-refractivity contribution in [3.05, 3.63) is 59.1 Å². The summed E-state index contributed by atoms with van der Waals surface area (Å²) in [5.74, 6) is 0.0755. The summed E-state index contributed by atoms with van der Waals surface area (Å²) >= 11 is 1.69. The number of amides is 1. The van der Waals surface area contributed by atoms with Crippen molar-refractivity contribution in [3.63, 3.8) is 0 Å². The van der Waals surface area contributed by atoms with Gasteiger partial charge in [0.2, 0.25) is 10.0 Å². The number of nitrogens with one attached hydrogen (secondary N) is 1. The maximum Gasteiger partial charge on any atom is 0.253 e. The monoisotopic (exact) mass is 443 g/mol. The highest BCUT2D eigenvalue weighted by molar-refractivity contribution is 7.89. The number of benzene rings is 2. The molecule has 8 heteroatoms. The highest BCUT2D eigenvalue weighted by Gasteiger charge is 2.28. The minimum atomic E-state index is -3.61. The Morgan fingerprint density at radius 3 is 2.87 bits per heavy atom. The second-order valence-corrected chi connectivity index (χ2v) is 10.4. The largest absolute Gasteiger partial charge is 0.338 e. The van der Waals surface area contributed by atoms with E-state index in [1.54, 1.807) is 23.5 Å². The molecule has 0 spiro atoms. The van der Waals surface area contributed by atoms with Crippen molar-refractivity contribution >= 4 is 37.5 Å². The molecule has 0 radical (unpaired) electrons. The normalized spacial score (nSPS) is 17.4. The summed E-state index contributed by atoms with van der Waals surface area (Å²) in [6.45, 7) is 3.55. The van der Waals surface area contributed by atoms with E-state index in [2.05, 4.69) is 10.8 Å². The number of carbonyl (C=O) groups excluding carboxylic acids is 1. The van der Waals surface area contributed by atoms with E-state index in [0.29, 0.717) is 31.6 Å². The molecule has 2 heterocycles. The molecule has 1 saturated heterocycles. The van der Waals surface area contributed by atoms with Crippen LogP contribution in [0.5, 0.6) is 0 Å². The zero-order valence-electron chi connectivity index (χ0n) is 16.9. The number of hydrogen-bond acceptors (Lipinski definition) is 5. The highest BCUT2D eigenvalue weighted by atomic mass is 32.2. The van der Waals surface area contributed by atoms with Crippen molar-refractivity contribution in [3.8, 4) is 0 Å². The van der Waals surface area contributed by atoms with Crippen LogP contribution in [0.1, 0.15) is 47.5 Å². The van der Waals surface area contributed by atoms with Gasteiger partial charge >= 0.3 is 0 Å². The fourth-order valence-electron chi connectivity index (χ4n) is 3.73. The smallest absolute Gasteiger partial charge is 0.253 e. The molecule has 1 amide bonds. The Morgan fingerprint density at radius 2 is 2.07 bits per heavy atom. The van der Waals surface area contributed by atoms with Gasteiger partial charge in [-0.1, -0.05) is 25.1 Å². The maximum absolute atomic E-state index is 13.1. The number of hydrogen-bond donors (Lipinski definition) is 1. The number of aromatic nitrogens is 1. The van der Waals surface area contributed by atoms with Crippen molar-refractivity contribution in [2.75, 3.05) is 19.6 Å². The van der Waals surface area contributed by atoms with Gasteiger partial charge in [0, 0.05) is 31.1 Å². The first-order valence-electron chi connectivity index (χ1n) is 10.2. The minimum Gasteiger partial charge on any atom is -0.338 e. The average molecular weight is 444 g/mol. The molecule has 1 aliphatic rings. The number of likely N-dealkylation sites (tertiary alicyclic amines) is 1. The van der Waals surface area contributed by atoms with Gasteiger partial charge in [-0.25, -0.2) is 18.1 Å². The van der Waals surface area contributed by atoms with E-state index in [4.69, 9.17) is 4.98 Å². The third-order valence-corrected chi connectivity index (χ3v) is 7.96. The van der Waals surface area contributed by atoms with Crippen LogP contribution in [0.4, 0.5) is 0 Å². The van der Waals surface area contributed by atoms with Crippen molar-refractivity contribution in [2.24, 2.45) is 0 Å². The van der Waals surface area contributed by atoms with E-state index in [1.807, 2.05) is 30.0 Å². The molecular formula is C22H25N3O3S2. The summed E-state index contributed by atoms with van der Waals surface area (Å²) in [5.41, 5.74) is 1.40. The number of para-hydroxylation sites is 1. The van der Waals surface area contributed by atoms with Gasteiger partial charge in [0.25, 0.3) is 5.91 Å². The van der Waals surface area contributed by atoms with Crippen LogP contribution in [0.25, 0.3) is 10.2 Å². The molecule has 0 bridgehead atoms. The third kappa shape index (κ3) is 4.40. The second kappa shape index (κ2) is 8.83. The van der Waals surface area contributed by atoms with E-state index in [1.165, 1.54) is 12.1 Å². The van der Waals surface area contributed by atoms with Gasteiger partial charge in [-0.15, -0.1) is 11.3 Å². The number of nitrogens with zero attached hydrogens (tertiary/aromatic N) is 2. The van der Waals surface area contributed by atoms with E-state index in [-0.39, 0.29) is 16.7 Å². The van der Waals surface area contributed by atoms with Crippen molar-refractivity contribution in [2.45, 2.75) is 37.0 Å². The van der Waals surface area contributed by atoms with Gasteiger partial charge in [0.05, 0.1) is 20.1 Å². The molecule has 1 atom stereocenters. The first kappa shape index (κ1) is 21.0. The number of rotatable bonds is 6. The first-order chi connectivity index (χ1) is 14.5. The van der Waals surface area contributed by atoms with E-state index >= 15 is 0 Å². The van der Waals surface area contributed by atoms with E-state index in [9.17, 15) is 13.2 Å². The Bertz CT molecular complexity index is 1120. The van der Waals surface area contributed by atoms with Crippen LogP contribution in [0.2, 0.25) is 0 Å². The standard InChI is InChI=1S/C22H25N3O3S2/c1-2-12-23-30(27,28)18-9-5-7-16(14-18)22(26)25-13-6-8-17(15-25)21-24-19-10-3-4-11-20(19)29-21/h3-5,7,9-11,14,17,23H,2,6,8,12-13,15H2,1H3. The summed E-state index contributed by atoms with van der Waals surface area (Å²) in [7, 11) is -3.61. The topological polar surface area (TPSA) is 79.4 Å². The molecule has 1 fully saturated rings. The highest BCUT2D eigenvalue weighted by Crippen LogP contribution is 2.33. The lowest BCUT2D eigenvalue weighted by Gasteiger charge is -2.32. The molecule has 0 saturated carbocycles. The first-order valence-corrected chi connectivity index (χ1v) is 12.5. The van der Waals surface area contributed by atoms with Gasteiger partial charge in [-0.05, 0) is 49.6 Å². The zero-order valence-corrected chi connectivity index (χ0v) is 18.5. The van der Waals surface area contributed by atoms with Crippen LogP contribution in [0.15, 0.2) is 53.4 Å². The van der Waals surface area contributed by atoms with Crippen molar-refractivity contribution in [1.82, 2.24) is 14.6 Å². The SMILES string of the molecule is CCCNS(=O)(=O)c1cccc(C(=O)N2CCCC(c3nc4ccccc4s3)C2)c1. The molecule has 1 N–H and O–H groups in total. The molecule has 1 aliphatic heterocycles. The number of fused-ring (bicyclic) bond motifs is 1.